The van der Waals surface area contributed by atoms with E-state index >= 15 is 0 Å². The van der Waals surface area contributed by atoms with Crippen LogP contribution in [0, 0.1) is 5.82 Å². The summed E-state index contributed by atoms with van der Waals surface area (Å²) in [6, 6.07) is 6.31. The molecule has 0 radical (unpaired) electrons. The third-order valence-electron chi connectivity index (χ3n) is 4.34. The van der Waals surface area contributed by atoms with E-state index in [4.69, 9.17) is 0 Å². The Morgan fingerprint density at radius 1 is 1.35 bits per heavy atom. The van der Waals surface area contributed by atoms with Gasteiger partial charge >= 0.3 is 0 Å². The van der Waals surface area contributed by atoms with Gasteiger partial charge in [-0.1, -0.05) is 18.2 Å². The zero-order valence-corrected chi connectivity index (χ0v) is 13.1. The van der Waals surface area contributed by atoms with E-state index in [0.29, 0.717) is 36.3 Å². The van der Waals surface area contributed by atoms with E-state index in [1.54, 1.807) is 37.1 Å². The van der Waals surface area contributed by atoms with Gasteiger partial charge in [0.1, 0.15) is 5.82 Å². The van der Waals surface area contributed by atoms with E-state index in [9.17, 15) is 14.0 Å². The summed E-state index contributed by atoms with van der Waals surface area (Å²) in [5.41, 5.74) is 1.62. The summed E-state index contributed by atoms with van der Waals surface area (Å²) in [4.78, 5) is 30.6. The number of carbonyl (C=O) groups excluding carboxylic acids is 1. The van der Waals surface area contributed by atoms with E-state index < -0.39 is 5.92 Å². The molecule has 1 aromatic heterocycles. The van der Waals surface area contributed by atoms with Crippen molar-refractivity contribution >= 4 is 5.91 Å². The van der Waals surface area contributed by atoms with Crippen LogP contribution in [0.25, 0.3) is 0 Å². The number of benzene rings is 1. The van der Waals surface area contributed by atoms with Crippen molar-refractivity contribution in [2.45, 2.75) is 25.8 Å². The molecule has 0 N–H and O–H groups in total. The number of aromatic nitrogens is 2. The third-order valence-corrected chi connectivity index (χ3v) is 4.34. The van der Waals surface area contributed by atoms with Crippen LogP contribution in [0.15, 0.2) is 35.4 Å². The molecular weight excluding hydrogens is 297 g/mol. The van der Waals surface area contributed by atoms with Gasteiger partial charge in [-0.3, -0.25) is 9.59 Å². The summed E-state index contributed by atoms with van der Waals surface area (Å²) in [5, 5.41) is 0. The number of amides is 1. The number of hydrogen-bond donors (Lipinski definition) is 0. The van der Waals surface area contributed by atoms with E-state index in [-0.39, 0.29) is 17.3 Å². The van der Waals surface area contributed by atoms with Crippen LogP contribution in [0.5, 0.6) is 0 Å². The van der Waals surface area contributed by atoms with Crippen molar-refractivity contribution in [2.75, 3.05) is 6.54 Å². The van der Waals surface area contributed by atoms with Gasteiger partial charge in [0.25, 0.3) is 5.56 Å². The summed E-state index contributed by atoms with van der Waals surface area (Å²) in [7, 11) is 1.66. The minimum Gasteiger partial charge on any atom is -0.336 e. The van der Waals surface area contributed by atoms with Crippen molar-refractivity contribution < 1.29 is 9.18 Å². The van der Waals surface area contributed by atoms with Gasteiger partial charge in [-0.2, -0.15) is 0 Å². The van der Waals surface area contributed by atoms with Gasteiger partial charge in [-0.05, 0) is 25.0 Å². The highest BCUT2D eigenvalue weighted by Crippen LogP contribution is 2.23. The van der Waals surface area contributed by atoms with Crippen molar-refractivity contribution in [1.29, 1.82) is 0 Å². The zero-order valence-electron chi connectivity index (χ0n) is 13.1. The lowest BCUT2D eigenvalue weighted by molar-refractivity contribution is -0.133. The molecule has 2 heterocycles. The minimum atomic E-state index is -0.565. The lowest BCUT2D eigenvalue weighted by Gasteiger charge is -2.30. The molecule has 0 saturated heterocycles. The Morgan fingerprint density at radius 2 is 2.09 bits per heavy atom. The molecule has 3 rings (SSSR count). The first-order valence-electron chi connectivity index (χ1n) is 7.55. The maximum absolute atomic E-state index is 13.9. The minimum absolute atomic E-state index is 0.0655. The van der Waals surface area contributed by atoms with E-state index in [0.717, 1.165) is 0 Å². The molecule has 5 nitrogen and oxygen atoms in total. The van der Waals surface area contributed by atoms with E-state index in [2.05, 4.69) is 4.98 Å². The molecular formula is C17H18FN3O2. The van der Waals surface area contributed by atoms with Crippen molar-refractivity contribution in [3.63, 3.8) is 0 Å². The summed E-state index contributed by atoms with van der Waals surface area (Å²) in [6.07, 6.45) is 1.95. The maximum atomic E-state index is 13.9. The van der Waals surface area contributed by atoms with E-state index in [1.807, 2.05) is 0 Å². The summed E-state index contributed by atoms with van der Waals surface area (Å²) in [5.74, 6) is -1.09. The first kappa shape index (κ1) is 15.4. The molecule has 0 aliphatic carbocycles. The second-order valence-corrected chi connectivity index (χ2v) is 5.84. The average molecular weight is 315 g/mol. The number of rotatable bonds is 2. The molecule has 0 unspecified atom stereocenters. The number of hydrogen-bond acceptors (Lipinski definition) is 3. The molecule has 0 bridgehead atoms. The topological polar surface area (TPSA) is 55.2 Å². The lowest BCUT2D eigenvalue weighted by Crippen LogP contribution is -2.41. The van der Waals surface area contributed by atoms with Crippen LogP contribution in [-0.4, -0.2) is 26.9 Å². The Labute approximate surface area is 133 Å². The van der Waals surface area contributed by atoms with Crippen LogP contribution in [0.2, 0.25) is 0 Å². The Balaban J connectivity index is 1.83. The molecule has 1 amide bonds. The van der Waals surface area contributed by atoms with Gasteiger partial charge in [0.2, 0.25) is 5.91 Å². The van der Waals surface area contributed by atoms with Crippen molar-refractivity contribution in [2.24, 2.45) is 7.05 Å². The summed E-state index contributed by atoms with van der Waals surface area (Å²) >= 11 is 0. The van der Waals surface area contributed by atoms with Gasteiger partial charge < -0.3 is 9.47 Å². The number of fused-ring (bicyclic) bond motifs is 1. The molecule has 0 fully saturated rings. The highest BCUT2D eigenvalue weighted by Gasteiger charge is 2.28. The van der Waals surface area contributed by atoms with Gasteiger partial charge in [0, 0.05) is 19.2 Å². The summed E-state index contributed by atoms with van der Waals surface area (Å²) < 4.78 is 15.3. The molecule has 0 spiro atoms. The van der Waals surface area contributed by atoms with Crippen LogP contribution in [0.1, 0.15) is 29.7 Å². The molecule has 0 saturated carbocycles. The Morgan fingerprint density at radius 3 is 2.83 bits per heavy atom. The normalized spacial score (nSPS) is 15.2. The molecule has 23 heavy (non-hydrogen) atoms. The molecule has 1 aliphatic rings. The van der Waals surface area contributed by atoms with Crippen molar-refractivity contribution in [3.05, 3.63) is 63.6 Å². The molecule has 1 aliphatic heterocycles. The van der Waals surface area contributed by atoms with E-state index in [1.165, 1.54) is 17.0 Å². The smallest absolute Gasteiger partial charge is 0.256 e. The fraction of sp³-hybridized carbons (Fsp3) is 0.353. The van der Waals surface area contributed by atoms with Crippen LogP contribution in [0.3, 0.4) is 0 Å². The standard InChI is InChI=1S/C17H18FN3O2/c1-11(12-5-3-4-6-14(12)18)16(22)21-8-7-13-15(9-21)19-10-20(2)17(13)23/h3-6,10-11H,7-9H2,1-2H3/t11-/m1/s1. The quantitative estimate of drug-likeness (QED) is 0.846. The van der Waals surface area contributed by atoms with Gasteiger partial charge in [-0.15, -0.1) is 0 Å². The largest absolute Gasteiger partial charge is 0.336 e. The van der Waals surface area contributed by atoms with Gasteiger partial charge in [-0.25, -0.2) is 9.37 Å². The fourth-order valence-electron chi connectivity index (χ4n) is 2.94. The van der Waals surface area contributed by atoms with Crippen LogP contribution < -0.4 is 5.56 Å². The first-order valence-corrected chi connectivity index (χ1v) is 7.55. The third kappa shape index (κ3) is 2.76. The number of aryl methyl sites for hydroxylation is 1. The Bertz CT molecular complexity index is 816. The fourth-order valence-corrected chi connectivity index (χ4v) is 2.94. The Hall–Kier alpha value is -2.50. The average Bonchev–Trinajstić information content (AvgIpc) is 2.57. The van der Waals surface area contributed by atoms with Gasteiger partial charge in [0.05, 0.1) is 24.5 Å². The van der Waals surface area contributed by atoms with Gasteiger partial charge in [0.15, 0.2) is 0 Å². The highest BCUT2D eigenvalue weighted by atomic mass is 19.1. The summed E-state index contributed by atoms with van der Waals surface area (Å²) in [6.45, 7) is 2.45. The Kier molecular flexibility index (Phi) is 3.98. The zero-order chi connectivity index (χ0) is 16.6. The first-order chi connectivity index (χ1) is 11.0. The number of halogens is 1. The second-order valence-electron chi connectivity index (χ2n) is 5.84. The van der Waals surface area contributed by atoms with Crippen LogP contribution in [-0.2, 0) is 24.8 Å². The molecule has 1 atom stereocenters. The predicted octanol–water partition coefficient (Wildman–Crippen LogP) is 1.61. The maximum Gasteiger partial charge on any atom is 0.256 e. The predicted molar refractivity (Wildman–Crippen MR) is 83.4 cm³/mol. The molecule has 120 valence electrons. The number of carbonyl (C=O) groups is 1. The number of nitrogens with zero attached hydrogens (tertiary/aromatic N) is 3. The second kappa shape index (κ2) is 5.95. The van der Waals surface area contributed by atoms with Crippen molar-refractivity contribution in [3.8, 4) is 0 Å². The molecule has 2 aromatic rings. The molecule has 1 aromatic carbocycles. The lowest BCUT2D eigenvalue weighted by atomic mass is 9.97. The molecule has 6 heteroatoms. The van der Waals surface area contributed by atoms with Crippen LogP contribution >= 0.6 is 0 Å². The van der Waals surface area contributed by atoms with Crippen molar-refractivity contribution in [1.82, 2.24) is 14.5 Å². The highest BCUT2D eigenvalue weighted by molar-refractivity contribution is 5.83. The SMILES string of the molecule is C[C@@H](C(=O)N1CCc2c(ncn(C)c2=O)C1)c1ccccc1F. The van der Waals surface area contributed by atoms with Crippen LogP contribution in [0.4, 0.5) is 4.39 Å². The monoisotopic (exact) mass is 315 g/mol.